The number of nitrogens with zero attached hydrogens (tertiary/aromatic N) is 3. The van der Waals surface area contributed by atoms with Crippen molar-refractivity contribution in [1.82, 2.24) is 14.8 Å². The van der Waals surface area contributed by atoms with Gasteiger partial charge in [-0.25, -0.2) is 9.67 Å². The number of thioether (sulfide) groups is 1. The Kier molecular flexibility index (Phi) is 4.55. The molecule has 1 aromatic carbocycles. The maximum absolute atomic E-state index is 11.9. The first-order chi connectivity index (χ1) is 10.3. The molecule has 0 atom stereocenters. The molecule has 0 spiro atoms. The van der Waals surface area contributed by atoms with Gasteiger partial charge in [-0.15, -0.1) is 5.10 Å². The molecule has 1 N–H and O–H groups in total. The summed E-state index contributed by atoms with van der Waals surface area (Å²) in [5.41, 5.74) is 0.816. The number of carbonyl (C=O) groups excluding carboxylic acids is 1. The van der Waals surface area contributed by atoms with Gasteiger partial charge in [0.1, 0.15) is 5.82 Å². The first kappa shape index (κ1) is 14.1. The molecule has 6 heteroatoms. The number of benzene rings is 1. The van der Waals surface area contributed by atoms with Crippen LogP contribution in [0.1, 0.15) is 25.1 Å². The molecule has 1 aromatic heterocycles. The molecule has 5 nitrogen and oxygen atoms in total. The number of aryl methyl sites for hydroxylation is 2. The van der Waals surface area contributed by atoms with Gasteiger partial charge in [0.05, 0.1) is 5.75 Å². The van der Waals surface area contributed by atoms with Crippen LogP contribution >= 0.6 is 11.8 Å². The number of nitrogens with one attached hydrogen (secondary N) is 1. The van der Waals surface area contributed by atoms with Crippen LogP contribution in [0.5, 0.6) is 0 Å². The van der Waals surface area contributed by atoms with Crippen molar-refractivity contribution in [1.29, 1.82) is 0 Å². The molecule has 2 heterocycles. The van der Waals surface area contributed by atoms with Crippen LogP contribution < -0.4 is 5.32 Å². The highest BCUT2D eigenvalue weighted by Gasteiger charge is 2.14. The van der Waals surface area contributed by atoms with Gasteiger partial charge >= 0.3 is 0 Å². The summed E-state index contributed by atoms with van der Waals surface area (Å²) in [7, 11) is 0. The predicted molar refractivity (Wildman–Crippen MR) is 83.4 cm³/mol. The van der Waals surface area contributed by atoms with Crippen molar-refractivity contribution in [3.05, 3.63) is 36.2 Å². The van der Waals surface area contributed by atoms with Gasteiger partial charge in [0.15, 0.2) is 0 Å². The summed E-state index contributed by atoms with van der Waals surface area (Å²) in [5.74, 6) is 1.35. The summed E-state index contributed by atoms with van der Waals surface area (Å²) in [6.07, 6.45) is 4.57. The Morgan fingerprint density at radius 2 is 2.10 bits per heavy atom. The van der Waals surface area contributed by atoms with Gasteiger partial charge in [0, 0.05) is 18.7 Å². The molecule has 0 fully saturated rings. The zero-order valence-corrected chi connectivity index (χ0v) is 12.6. The first-order valence-electron chi connectivity index (χ1n) is 7.23. The van der Waals surface area contributed by atoms with E-state index < -0.39 is 0 Å². The van der Waals surface area contributed by atoms with Crippen LogP contribution in [0.3, 0.4) is 0 Å². The Balaban J connectivity index is 1.54. The molecule has 3 rings (SSSR count). The number of fused-ring (bicyclic) bond motifs is 1. The number of para-hydroxylation sites is 1. The Morgan fingerprint density at radius 3 is 2.95 bits per heavy atom. The summed E-state index contributed by atoms with van der Waals surface area (Å²) < 4.78 is 1.99. The van der Waals surface area contributed by atoms with E-state index in [1.807, 2.05) is 35.0 Å². The van der Waals surface area contributed by atoms with Crippen LogP contribution in [-0.4, -0.2) is 26.4 Å². The second kappa shape index (κ2) is 6.76. The molecule has 0 bridgehead atoms. The van der Waals surface area contributed by atoms with E-state index in [0.29, 0.717) is 10.9 Å². The zero-order chi connectivity index (χ0) is 14.5. The fourth-order valence-electron chi connectivity index (χ4n) is 2.35. The number of hydrogen-bond acceptors (Lipinski definition) is 4. The third-order valence-corrected chi connectivity index (χ3v) is 4.23. The lowest BCUT2D eigenvalue weighted by atomic mass is 10.2. The molecule has 0 aliphatic carbocycles. The summed E-state index contributed by atoms with van der Waals surface area (Å²) in [5, 5.41) is 8.04. The van der Waals surface area contributed by atoms with E-state index in [2.05, 4.69) is 15.4 Å². The number of amides is 1. The maximum Gasteiger partial charge on any atom is 0.234 e. The number of hydrogen-bond donors (Lipinski definition) is 1. The SMILES string of the molecule is O=C(CSc1nc2n(n1)CCCCC2)Nc1ccccc1. The standard InChI is InChI=1S/C15H18N4OS/c20-14(16-12-7-3-1-4-8-12)11-21-15-17-13-9-5-2-6-10-19(13)18-15/h1,3-4,7-8H,2,5-6,9-11H2,(H,16,20). The Labute approximate surface area is 128 Å². The van der Waals surface area contributed by atoms with E-state index in [0.717, 1.165) is 30.9 Å². The Bertz CT molecular complexity index is 588. The van der Waals surface area contributed by atoms with Crippen molar-refractivity contribution in [3.63, 3.8) is 0 Å². The van der Waals surface area contributed by atoms with Gasteiger partial charge in [-0.3, -0.25) is 4.79 Å². The fourth-order valence-corrected chi connectivity index (χ4v) is 3.01. The third-order valence-electron chi connectivity index (χ3n) is 3.39. The molecule has 0 unspecified atom stereocenters. The fraction of sp³-hybridized carbons (Fsp3) is 0.400. The lowest BCUT2D eigenvalue weighted by Gasteiger charge is -2.03. The highest BCUT2D eigenvalue weighted by Crippen LogP contribution is 2.18. The summed E-state index contributed by atoms with van der Waals surface area (Å²) in [6, 6.07) is 9.47. The van der Waals surface area contributed by atoms with E-state index in [9.17, 15) is 4.79 Å². The normalized spacial score (nSPS) is 14.3. The van der Waals surface area contributed by atoms with Gasteiger partial charge in [-0.05, 0) is 25.0 Å². The van der Waals surface area contributed by atoms with E-state index in [1.165, 1.54) is 24.6 Å². The van der Waals surface area contributed by atoms with Crippen molar-refractivity contribution in [3.8, 4) is 0 Å². The average molecular weight is 302 g/mol. The van der Waals surface area contributed by atoms with Gasteiger partial charge in [0.2, 0.25) is 11.1 Å². The third kappa shape index (κ3) is 3.85. The van der Waals surface area contributed by atoms with Crippen LogP contribution in [0.25, 0.3) is 0 Å². The molecular formula is C15H18N4OS. The first-order valence-corrected chi connectivity index (χ1v) is 8.21. The van der Waals surface area contributed by atoms with Crippen molar-refractivity contribution in [2.45, 2.75) is 37.4 Å². The summed E-state index contributed by atoms with van der Waals surface area (Å²) in [6.45, 7) is 0.944. The van der Waals surface area contributed by atoms with E-state index in [4.69, 9.17) is 0 Å². The van der Waals surface area contributed by atoms with Gasteiger partial charge in [0.25, 0.3) is 0 Å². The van der Waals surface area contributed by atoms with Crippen LogP contribution in [0, 0.1) is 0 Å². The number of anilines is 1. The summed E-state index contributed by atoms with van der Waals surface area (Å²) >= 11 is 1.39. The molecule has 1 amide bonds. The van der Waals surface area contributed by atoms with Gasteiger partial charge in [-0.2, -0.15) is 0 Å². The highest BCUT2D eigenvalue weighted by molar-refractivity contribution is 7.99. The van der Waals surface area contributed by atoms with Gasteiger partial charge in [-0.1, -0.05) is 36.4 Å². The van der Waals surface area contributed by atoms with Crippen LogP contribution in [-0.2, 0) is 17.8 Å². The quantitative estimate of drug-likeness (QED) is 0.882. The minimum Gasteiger partial charge on any atom is -0.325 e. The molecule has 1 aliphatic rings. The molecule has 21 heavy (non-hydrogen) atoms. The molecular weight excluding hydrogens is 284 g/mol. The molecule has 0 radical (unpaired) electrons. The Hall–Kier alpha value is -1.82. The zero-order valence-electron chi connectivity index (χ0n) is 11.8. The number of rotatable bonds is 4. The number of carbonyl (C=O) groups is 1. The second-order valence-corrected chi connectivity index (χ2v) is 5.99. The lowest BCUT2D eigenvalue weighted by molar-refractivity contribution is -0.113. The second-order valence-electron chi connectivity index (χ2n) is 5.05. The van der Waals surface area contributed by atoms with Crippen molar-refractivity contribution in [2.75, 3.05) is 11.1 Å². The van der Waals surface area contributed by atoms with E-state index in [-0.39, 0.29) is 5.91 Å². The molecule has 2 aromatic rings. The van der Waals surface area contributed by atoms with Crippen molar-refractivity contribution in [2.24, 2.45) is 0 Å². The smallest absolute Gasteiger partial charge is 0.234 e. The molecule has 0 saturated carbocycles. The Morgan fingerprint density at radius 1 is 1.24 bits per heavy atom. The van der Waals surface area contributed by atoms with E-state index >= 15 is 0 Å². The summed E-state index contributed by atoms with van der Waals surface area (Å²) in [4.78, 5) is 16.4. The van der Waals surface area contributed by atoms with E-state index in [1.54, 1.807) is 0 Å². The average Bonchev–Trinajstić information content (AvgIpc) is 2.76. The predicted octanol–water partition coefficient (Wildman–Crippen LogP) is 2.74. The van der Waals surface area contributed by atoms with Crippen molar-refractivity contribution >= 4 is 23.4 Å². The minimum absolute atomic E-state index is 0.0313. The maximum atomic E-state index is 11.9. The largest absolute Gasteiger partial charge is 0.325 e. The highest BCUT2D eigenvalue weighted by atomic mass is 32.2. The topological polar surface area (TPSA) is 59.8 Å². The van der Waals surface area contributed by atoms with Crippen LogP contribution in [0.2, 0.25) is 0 Å². The molecule has 0 saturated heterocycles. The van der Waals surface area contributed by atoms with Gasteiger partial charge < -0.3 is 5.32 Å². The minimum atomic E-state index is -0.0313. The van der Waals surface area contributed by atoms with Crippen LogP contribution in [0.15, 0.2) is 35.5 Å². The number of aromatic nitrogens is 3. The van der Waals surface area contributed by atoms with Crippen LogP contribution in [0.4, 0.5) is 5.69 Å². The molecule has 1 aliphatic heterocycles. The van der Waals surface area contributed by atoms with Crippen molar-refractivity contribution < 1.29 is 4.79 Å². The molecule has 110 valence electrons. The monoisotopic (exact) mass is 302 g/mol. The lowest BCUT2D eigenvalue weighted by Crippen LogP contribution is -2.14.